The topological polar surface area (TPSA) is 55.9 Å². The van der Waals surface area contributed by atoms with Crippen molar-refractivity contribution in [2.24, 2.45) is 0 Å². The summed E-state index contributed by atoms with van der Waals surface area (Å²) in [5.41, 5.74) is 3.84. The van der Waals surface area contributed by atoms with Crippen molar-refractivity contribution in [1.29, 1.82) is 0 Å². The number of amides is 3. The van der Waals surface area contributed by atoms with Gasteiger partial charge in [-0.1, -0.05) is 60.7 Å². The highest BCUT2D eigenvalue weighted by atomic mass is 16.2. The second-order valence-corrected chi connectivity index (χ2v) is 8.64. The van der Waals surface area contributed by atoms with Crippen LogP contribution in [-0.4, -0.2) is 59.4 Å². The van der Waals surface area contributed by atoms with Crippen LogP contribution in [0.25, 0.3) is 0 Å². The van der Waals surface area contributed by atoms with Gasteiger partial charge in [0.05, 0.1) is 23.9 Å². The van der Waals surface area contributed by atoms with Gasteiger partial charge < -0.3 is 10.2 Å². The lowest BCUT2D eigenvalue weighted by atomic mass is 9.95. The van der Waals surface area contributed by atoms with Crippen LogP contribution in [0, 0.1) is 0 Å². The van der Waals surface area contributed by atoms with Gasteiger partial charge in [-0.05, 0) is 24.0 Å². The highest BCUT2D eigenvalue weighted by Crippen LogP contribution is 2.37. The number of nitrogens with one attached hydrogen (secondary N) is 1. The van der Waals surface area contributed by atoms with Crippen molar-refractivity contribution in [3.63, 3.8) is 0 Å². The van der Waals surface area contributed by atoms with Crippen LogP contribution in [0.2, 0.25) is 0 Å². The fourth-order valence-electron chi connectivity index (χ4n) is 5.01. The van der Waals surface area contributed by atoms with Crippen LogP contribution in [0.15, 0.2) is 71.9 Å². The van der Waals surface area contributed by atoms with Crippen LogP contribution in [-0.2, 0) is 11.3 Å². The summed E-state index contributed by atoms with van der Waals surface area (Å²) < 4.78 is 0. The van der Waals surface area contributed by atoms with Gasteiger partial charge in [0.2, 0.25) is 0 Å². The normalized spacial score (nSPS) is 22.7. The fourth-order valence-corrected chi connectivity index (χ4v) is 5.01. The zero-order valence-electron chi connectivity index (χ0n) is 17.8. The molecule has 3 aliphatic rings. The van der Waals surface area contributed by atoms with Gasteiger partial charge in [0, 0.05) is 32.7 Å². The lowest BCUT2D eigenvalue weighted by Gasteiger charge is -2.37. The summed E-state index contributed by atoms with van der Waals surface area (Å²) in [5.74, 6) is 0.0669. The molecule has 2 aromatic carbocycles. The molecule has 0 radical (unpaired) electrons. The summed E-state index contributed by atoms with van der Waals surface area (Å²) in [6.45, 7) is 3.42. The molecule has 0 unspecified atom stereocenters. The first kappa shape index (κ1) is 19.8. The molecule has 5 rings (SSSR count). The summed E-state index contributed by atoms with van der Waals surface area (Å²) in [7, 11) is 1.76. The average molecular weight is 417 g/mol. The van der Waals surface area contributed by atoms with E-state index in [1.165, 1.54) is 5.56 Å². The number of urea groups is 1. The molecule has 0 saturated carbocycles. The van der Waals surface area contributed by atoms with Crippen molar-refractivity contribution in [1.82, 2.24) is 20.0 Å². The van der Waals surface area contributed by atoms with Crippen LogP contribution in [0.3, 0.4) is 0 Å². The van der Waals surface area contributed by atoms with Crippen LogP contribution in [0.5, 0.6) is 0 Å². The van der Waals surface area contributed by atoms with Crippen LogP contribution in [0.4, 0.5) is 4.79 Å². The second kappa shape index (κ2) is 8.19. The van der Waals surface area contributed by atoms with E-state index in [-0.39, 0.29) is 24.0 Å². The molecule has 1 saturated heterocycles. The summed E-state index contributed by atoms with van der Waals surface area (Å²) >= 11 is 0. The van der Waals surface area contributed by atoms with Crippen molar-refractivity contribution in [2.75, 3.05) is 26.7 Å². The van der Waals surface area contributed by atoms with E-state index in [0.717, 1.165) is 49.3 Å². The smallest absolute Gasteiger partial charge is 0.322 e. The van der Waals surface area contributed by atoms with Gasteiger partial charge in [0.15, 0.2) is 0 Å². The standard InChI is InChI=1S/C25H28N4O2/c1-27-21-17-29(20-12-14-28(15-13-20)16-18-8-4-2-5-9-18)24(30)22(21)23(26-25(27)31)19-10-6-3-7-11-19/h2-11,20,23H,12-17H2,1H3,(H,26,31)/t23-/m1/s1. The maximum atomic E-state index is 13.5. The van der Waals surface area contributed by atoms with E-state index in [2.05, 4.69) is 34.5 Å². The molecular formula is C25H28N4O2. The number of nitrogens with zero attached hydrogens (tertiary/aromatic N) is 3. The summed E-state index contributed by atoms with van der Waals surface area (Å²) in [4.78, 5) is 32.2. The van der Waals surface area contributed by atoms with Crippen LogP contribution in [0.1, 0.15) is 30.0 Å². The highest BCUT2D eigenvalue weighted by molar-refractivity contribution is 6.01. The van der Waals surface area contributed by atoms with Crippen molar-refractivity contribution in [3.8, 4) is 0 Å². The van der Waals surface area contributed by atoms with Crippen molar-refractivity contribution >= 4 is 11.9 Å². The molecular weight excluding hydrogens is 388 g/mol. The number of piperidine rings is 1. The molecule has 3 aliphatic heterocycles. The largest absolute Gasteiger partial charge is 0.330 e. The lowest BCUT2D eigenvalue weighted by Crippen LogP contribution is -2.46. The van der Waals surface area contributed by atoms with Crippen molar-refractivity contribution in [3.05, 3.63) is 83.1 Å². The van der Waals surface area contributed by atoms with E-state index in [1.54, 1.807) is 11.9 Å². The Bertz CT molecular complexity index is 997. The van der Waals surface area contributed by atoms with Gasteiger partial charge in [-0.2, -0.15) is 0 Å². The van der Waals surface area contributed by atoms with E-state index in [9.17, 15) is 9.59 Å². The summed E-state index contributed by atoms with van der Waals surface area (Å²) in [6.07, 6.45) is 1.92. The van der Waals surface area contributed by atoms with Gasteiger partial charge in [-0.25, -0.2) is 4.79 Å². The minimum atomic E-state index is -0.379. The molecule has 1 fully saturated rings. The fraction of sp³-hybridized carbons (Fsp3) is 0.360. The molecule has 3 amide bonds. The third kappa shape index (κ3) is 3.72. The third-order valence-electron chi connectivity index (χ3n) is 6.77. The zero-order chi connectivity index (χ0) is 21.4. The number of carbonyl (C=O) groups excluding carboxylic acids is 2. The van der Waals surface area contributed by atoms with E-state index >= 15 is 0 Å². The Kier molecular flexibility index (Phi) is 5.24. The summed E-state index contributed by atoms with van der Waals surface area (Å²) in [5, 5.41) is 3.02. The number of hydrogen-bond acceptors (Lipinski definition) is 3. The molecule has 0 aliphatic carbocycles. The molecule has 160 valence electrons. The molecule has 2 aromatic rings. The van der Waals surface area contributed by atoms with Gasteiger partial charge in [-0.3, -0.25) is 14.6 Å². The molecule has 6 nitrogen and oxygen atoms in total. The molecule has 0 spiro atoms. The monoisotopic (exact) mass is 416 g/mol. The van der Waals surface area contributed by atoms with Crippen molar-refractivity contribution < 1.29 is 9.59 Å². The number of likely N-dealkylation sites (tertiary alicyclic amines) is 1. The number of hydrogen-bond donors (Lipinski definition) is 1. The number of rotatable bonds is 4. The maximum absolute atomic E-state index is 13.5. The summed E-state index contributed by atoms with van der Waals surface area (Å²) in [6, 6.07) is 20.0. The van der Waals surface area contributed by atoms with E-state index in [1.807, 2.05) is 41.3 Å². The number of benzene rings is 2. The first-order valence-corrected chi connectivity index (χ1v) is 11.0. The molecule has 1 N–H and O–H groups in total. The first-order valence-electron chi connectivity index (χ1n) is 11.0. The van der Waals surface area contributed by atoms with Crippen molar-refractivity contribution in [2.45, 2.75) is 31.5 Å². The predicted molar refractivity (Wildman–Crippen MR) is 119 cm³/mol. The second-order valence-electron chi connectivity index (χ2n) is 8.64. The number of likely N-dealkylation sites (N-methyl/N-ethyl adjacent to an activating group) is 1. The molecule has 3 heterocycles. The van der Waals surface area contributed by atoms with E-state index in [0.29, 0.717) is 6.54 Å². The SMILES string of the molecule is CN1C(=O)N[C@H](c2ccccc2)C2=C1CN(C1CCN(Cc3ccccc3)CC1)C2=O. The Morgan fingerprint density at radius 3 is 2.26 bits per heavy atom. The zero-order valence-corrected chi connectivity index (χ0v) is 17.8. The Morgan fingerprint density at radius 2 is 1.58 bits per heavy atom. The van der Waals surface area contributed by atoms with Gasteiger partial charge in [0.1, 0.15) is 0 Å². The molecule has 0 aromatic heterocycles. The molecule has 1 atom stereocenters. The Labute approximate surface area is 183 Å². The van der Waals surface area contributed by atoms with Gasteiger partial charge >= 0.3 is 6.03 Å². The van der Waals surface area contributed by atoms with E-state index < -0.39 is 0 Å². The molecule has 6 heteroatoms. The molecule has 0 bridgehead atoms. The number of carbonyl (C=O) groups is 2. The highest BCUT2D eigenvalue weighted by Gasteiger charge is 2.45. The minimum Gasteiger partial charge on any atom is -0.330 e. The quantitative estimate of drug-likeness (QED) is 0.833. The Morgan fingerprint density at radius 1 is 0.935 bits per heavy atom. The average Bonchev–Trinajstić information content (AvgIpc) is 3.15. The minimum absolute atomic E-state index is 0.0669. The van der Waals surface area contributed by atoms with E-state index in [4.69, 9.17) is 0 Å². The maximum Gasteiger partial charge on any atom is 0.322 e. The third-order valence-corrected chi connectivity index (χ3v) is 6.77. The Balaban J connectivity index is 1.30. The van der Waals surface area contributed by atoms with Gasteiger partial charge in [-0.15, -0.1) is 0 Å². The predicted octanol–water partition coefficient (Wildman–Crippen LogP) is 3.14. The van der Waals surface area contributed by atoms with Crippen LogP contribution < -0.4 is 5.32 Å². The first-order chi connectivity index (χ1) is 15.1. The molecule has 31 heavy (non-hydrogen) atoms. The van der Waals surface area contributed by atoms with Gasteiger partial charge in [0.25, 0.3) is 5.91 Å². The van der Waals surface area contributed by atoms with Crippen LogP contribution >= 0.6 is 0 Å². The lowest BCUT2D eigenvalue weighted by molar-refractivity contribution is -0.128. The Hall–Kier alpha value is -3.12.